The standard InChI is InChI=1S/C18H48O4Si5/c1-19-26(11,12)17-15-13-14-16-18-27(20-23(2,3)4,21-24(5,6)7)22-25(8,9)10/h13-18H2,1-12H3. The van der Waals surface area contributed by atoms with E-state index >= 15 is 0 Å². The largest absolute Gasteiger partial charge is 0.469 e. The van der Waals surface area contributed by atoms with Crippen LogP contribution in [0.25, 0.3) is 0 Å². The molecule has 0 spiro atoms. The molecule has 4 nitrogen and oxygen atoms in total. The molecule has 0 aliphatic heterocycles. The second-order valence-electron chi connectivity index (χ2n) is 11.2. The zero-order valence-corrected chi connectivity index (χ0v) is 25.4. The van der Waals surface area contributed by atoms with Crippen molar-refractivity contribution in [3.8, 4) is 0 Å². The van der Waals surface area contributed by atoms with E-state index < -0.39 is 42.1 Å². The third-order valence-electron chi connectivity index (χ3n) is 3.95. The molecule has 0 amide bonds. The molecule has 0 aliphatic rings. The van der Waals surface area contributed by atoms with Gasteiger partial charge in [0.2, 0.25) is 0 Å². The van der Waals surface area contributed by atoms with Crippen molar-refractivity contribution in [2.75, 3.05) is 7.11 Å². The van der Waals surface area contributed by atoms with E-state index in [1.54, 1.807) is 0 Å². The summed E-state index contributed by atoms with van der Waals surface area (Å²) in [6.07, 6.45) is 4.89. The van der Waals surface area contributed by atoms with Crippen LogP contribution in [0.4, 0.5) is 0 Å². The highest BCUT2D eigenvalue weighted by Gasteiger charge is 2.49. The molecule has 9 heteroatoms. The lowest BCUT2D eigenvalue weighted by Crippen LogP contribution is -2.60. The fourth-order valence-corrected chi connectivity index (χ4v) is 19.0. The summed E-state index contributed by atoms with van der Waals surface area (Å²) in [5.74, 6) is 0. The summed E-state index contributed by atoms with van der Waals surface area (Å²) in [5, 5.41) is 0. The minimum Gasteiger partial charge on any atom is -0.420 e. The molecule has 164 valence electrons. The lowest BCUT2D eigenvalue weighted by molar-refractivity contribution is 0.250. The number of hydrogen-bond acceptors (Lipinski definition) is 4. The molecule has 0 aromatic rings. The summed E-state index contributed by atoms with van der Waals surface area (Å²) in [5.41, 5.74) is 0. The molecule has 0 N–H and O–H groups in total. The summed E-state index contributed by atoms with van der Waals surface area (Å²) in [6.45, 7) is 24.9. The molecular formula is C18H48O4Si5. The van der Waals surface area contributed by atoms with Crippen molar-refractivity contribution in [3.05, 3.63) is 0 Å². The molecule has 0 unspecified atom stereocenters. The Labute approximate surface area is 175 Å². The Morgan fingerprint density at radius 1 is 0.481 bits per heavy atom. The molecule has 0 rings (SSSR count). The van der Waals surface area contributed by atoms with E-state index in [9.17, 15) is 0 Å². The van der Waals surface area contributed by atoms with Gasteiger partial charge in [-0.3, -0.25) is 0 Å². The van der Waals surface area contributed by atoms with Gasteiger partial charge in [-0.2, -0.15) is 0 Å². The van der Waals surface area contributed by atoms with Gasteiger partial charge in [0.15, 0.2) is 33.3 Å². The van der Waals surface area contributed by atoms with E-state index in [1.807, 2.05) is 7.11 Å². The first-order chi connectivity index (χ1) is 11.9. The molecule has 0 atom stereocenters. The smallest absolute Gasteiger partial charge is 0.420 e. The lowest BCUT2D eigenvalue weighted by atomic mass is 10.2. The van der Waals surface area contributed by atoms with Crippen LogP contribution in [0.5, 0.6) is 0 Å². The number of unbranched alkanes of at least 4 members (excludes halogenated alkanes) is 3. The molecule has 0 aromatic carbocycles. The molecule has 0 heterocycles. The maximum atomic E-state index is 6.75. The van der Waals surface area contributed by atoms with Gasteiger partial charge in [0.1, 0.15) is 0 Å². The second kappa shape index (κ2) is 10.8. The van der Waals surface area contributed by atoms with Crippen molar-refractivity contribution >= 4 is 42.1 Å². The van der Waals surface area contributed by atoms with E-state index in [4.69, 9.17) is 16.8 Å². The Morgan fingerprint density at radius 3 is 1.11 bits per heavy atom. The van der Waals surface area contributed by atoms with Crippen LogP contribution in [0.15, 0.2) is 0 Å². The van der Waals surface area contributed by atoms with Crippen LogP contribution in [0.1, 0.15) is 25.7 Å². The van der Waals surface area contributed by atoms with Gasteiger partial charge in [-0.15, -0.1) is 0 Å². The van der Waals surface area contributed by atoms with Gasteiger partial charge in [0, 0.05) is 13.2 Å². The van der Waals surface area contributed by atoms with Crippen molar-refractivity contribution in [1.82, 2.24) is 0 Å². The third kappa shape index (κ3) is 15.4. The number of hydrogen-bond donors (Lipinski definition) is 0. The highest BCUT2D eigenvalue weighted by molar-refractivity contribution is 6.90. The van der Waals surface area contributed by atoms with Crippen molar-refractivity contribution in [1.29, 1.82) is 0 Å². The van der Waals surface area contributed by atoms with Crippen LogP contribution in [-0.4, -0.2) is 49.2 Å². The first-order valence-corrected chi connectivity index (χ1v) is 25.8. The van der Waals surface area contributed by atoms with Gasteiger partial charge < -0.3 is 16.8 Å². The van der Waals surface area contributed by atoms with Crippen LogP contribution in [0, 0.1) is 0 Å². The van der Waals surface area contributed by atoms with E-state index in [2.05, 4.69) is 72.0 Å². The highest BCUT2D eigenvalue weighted by Crippen LogP contribution is 2.30. The summed E-state index contributed by atoms with van der Waals surface area (Å²) in [6, 6.07) is 2.21. The Kier molecular flexibility index (Phi) is 11.2. The summed E-state index contributed by atoms with van der Waals surface area (Å²) in [4.78, 5) is 0. The first kappa shape index (κ1) is 27.9. The van der Waals surface area contributed by atoms with E-state index in [0.717, 1.165) is 12.5 Å². The predicted molar refractivity (Wildman–Crippen MR) is 132 cm³/mol. The second-order valence-corrected chi connectivity index (χ2v) is 32.6. The molecule has 27 heavy (non-hydrogen) atoms. The van der Waals surface area contributed by atoms with Crippen LogP contribution in [0.2, 0.25) is 84.1 Å². The molecule has 0 aliphatic carbocycles. The van der Waals surface area contributed by atoms with Crippen molar-refractivity contribution in [2.24, 2.45) is 0 Å². The Hall–Kier alpha value is 0.924. The average molecular weight is 469 g/mol. The number of rotatable bonds is 14. The molecule has 0 saturated carbocycles. The van der Waals surface area contributed by atoms with Crippen LogP contribution < -0.4 is 0 Å². The Morgan fingerprint density at radius 2 is 0.815 bits per heavy atom. The minimum atomic E-state index is -2.64. The van der Waals surface area contributed by atoms with Gasteiger partial charge in [-0.05, 0) is 84.5 Å². The minimum absolute atomic E-state index is 0.969. The van der Waals surface area contributed by atoms with E-state index in [1.165, 1.54) is 25.3 Å². The van der Waals surface area contributed by atoms with Crippen LogP contribution in [0.3, 0.4) is 0 Å². The Balaban J connectivity index is 5.01. The van der Waals surface area contributed by atoms with Crippen molar-refractivity contribution in [3.63, 3.8) is 0 Å². The molecule has 0 bridgehead atoms. The predicted octanol–water partition coefficient (Wildman–Crippen LogP) is 6.89. The third-order valence-corrected chi connectivity index (χ3v) is 18.7. The molecular weight excluding hydrogens is 421 g/mol. The summed E-state index contributed by atoms with van der Waals surface area (Å²) in [7, 11) is -7.45. The monoisotopic (exact) mass is 468 g/mol. The Bertz CT molecular complexity index is 384. The molecule has 0 saturated heterocycles. The SMILES string of the molecule is CO[Si](C)(C)CCCCCC[Si](O[Si](C)(C)C)(O[Si](C)(C)C)O[Si](C)(C)C. The fraction of sp³-hybridized carbons (Fsp3) is 1.00. The van der Waals surface area contributed by atoms with E-state index in [0.29, 0.717) is 0 Å². The lowest BCUT2D eigenvalue weighted by Gasteiger charge is -2.43. The van der Waals surface area contributed by atoms with Crippen LogP contribution in [-0.2, 0) is 16.8 Å². The maximum Gasteiger partial charge on any atom is 0.469 e. The maximum absolute atomic E-state index is 6.75. The van der Waals surface area contributed by atoms with Gasteiger partial charge in [-0.25, -0.2) is 0 Å². The molecule has 0 fully saturated rings. The zero-order valence-electron chi connectivity index (χ0n) is 20.4. The quantitative estimate of drug-likeness (QED) is 0.205. The van der Waals surface area contributed by atoms with Crippen LogP contribution >= 0.6 is 0 Å². The summed E-state index contributed by atoms with van der Waals surface area (Å²) < 4.78 is 25.9. The molecule has 0 radical (unpaired) electrons. The molecule has 0 aromatic heterocycles. The average Bonchev–Trinajstić information content (AvgIpc) is 2.36. The zero-order chi connectivity index (χ0) is 21.6. The first-order valence-electron chi connectivity index (χ1n) is 10.5. The highest BCUT2D eigenvalue weighted by atomic mass is 28.5. The van der Waals surface area contributed by atoms with Gasteiger partial charge in [0.05, 0.1) is 0 Å². The topological polar surface area (TPSA) is 36.9 Å². The van der Waals surface area contributed by atoms with Crippen molar-refractivity contribution in [2.45, 2.75) is 110 Å². The van der Waals surface area contributed by atoms with Gasteiger partial charge in [0.25, 0.3) is 0 Å². The van der Waals surface area contributed by atoms with Crippen molar-refractivity contribution < 1.29 is 16.8 Å². The normalized spacial score (nSPS) is 14.7. The van der Waals surface area contributed by atoms with Gasteiger partial charge in [-0.1, -0.05) is 19.3 Å². The summed E-state index contributed by atoms with van der Waals surface area (Å²) >= 11 is 0. The van der Waals surface area contributed by atoms with E-state index in [-0.39, 0.29) is 0 Å². The fourth-order valence-electron chi connectivity index (χ4n) is 2.96. The van der Waals surface area contributed by atoms with Gasteiger partial charge >= 0.3 is 8.80 Å².